The van der Waals surface area contributed by atoms with Crippen molar-refractivity contribution in [2.24, 2.45) is 5.92 Å². The molecule has 0 radical (unpaired) electrons. The van der Waals surface area contributed by atoms with Gasteiger partial charge in [-0.15, -0.1) is 0 Å². The summed E-state index contributed by atoms with van der Waals surface area (Å²) in [7, 11) is 0. The van der Waals surface area contributed by atoms with Gasteiger partial charge in [0.2, 0.25) is 11.7 Å². The van der Waals surface area contributed by atoms with E-state index in [0.717, 1.165) is 49.9 Å². The minimum atomic E-state index is -0.209. The highest BCUT2D eigenvalue weighted by atomic mass is 16.5. The molecule has 1 saturated carbocycles. The number of hydrogen-bond donors (Lipinski definition) is 1. The average molecular weight is 435 g/mol. The highest BCUT2D eigenvalue weighted by molar-refractivity contribution is 5.83. The number of imidazole rings is 1. The number of fused-ring (bicyclic) bond motifs is 3. The Balaban J connectivity index is 1.42. The average Bonchev–Trinajstić information content (AvgIpc) is 3.19. The number of para-hydroxylation sites is 2. The summed E-state index contributed by atoms with van der Waals surface area (Å²) in [6, 6.07) is 7.87. The summed E-state index contributed by atoms with van der Waals surface area (Å²) < 4.78 is 9.13. The molecular formula is C23H26N6O3. The fourth-order valence-electron chi connectivity index (χ4n) is 4.79. The zero-order chi connectivity index (χ0) is 21.8. The molecule has 4 aromatic rings. The van der Waals surface area contributed by atoms with Crippen LogP contribution in [0.3, 0.4) is 0 Å². The van der Waals surface area contributed by atoms with Crippen LogP contribution in [0.5, 0.6) is 0 Å². The minimum absolute atomic E-state index is 0.112. The Hall–Kier alpha value is -3.04. The number of likely N-dealkylation sites (tertiary alicyclic amines) is 1. The molecule has 2 fully saturated rings. The van der Waals surface area contributed by atoms with Crippen LogP contribution in [0.1, 0.15) is 38.0 Å². The van der Waals surface area contributed by atoms with Crippen molar-refractivity contribution in [2.45, 2.75) is 44.8 Å². The summed E-state index contributed by atoms with van der Waals surface area (Å²) in [5, 5.41) is 13.9. The molecule has 2 aliphatic rings. The van der Waals surface area contributed by atoms with Crippen molar-refractivity contribution >= 4 is 16.6 Å². The number of benzene rings is 1. The molecule has 4 heterocycles. The van der Waals surface area contributed by atoms with Gasteiger partial charge >= 0.3 is 0 Å². The molecule has 1 aliphatic heterocycles. The number of hydrogen-bond acceptors (Lipinski definition) is 7. The SMILES string of the molecule is CC1CC1c1nc(-c2ncn3c2c(=O)n(CCN2CCC(O)CC2)c2ccccc23)no1. The van der Waals surface area contributed by atoms with Gasteiger partial charge in [0, 0.05) is 32.1 Å². The third-order valence-electron chi connectivity index (χ3n) is 6.92. The van der Waals surface area contributed by atoms with Crippen LogP contribution in [-0.4, -0.2) is 59.8 Å². The Labute approximate surface area is 184 Å². The van der Waals surface area contributed by atoms with Gasteiger partial charge in [0.1, 0.15) is 17.5 Å². The first-order valence-electron chi connectivity index (χ1n) is 11.3. The Morgan fingerprint density at radius 3 is 2.66 bits per heavy atom. The quantitative estimate of drug-likeness (QED) is 0.514. The number of nitrogens with zero attached hydrogens (tertiary/aromatic N) is 6. The summed E-state index contributed by atoms with van der Waals surface area (Å²) in [6.07, 6.45) is 4.07. The maximum Gasteiger partial charge on any atom is 0.277 e. The Bertz CT molecular complexity index is 1350. The number of aliphatic hydroxyl groups is 1. The van der Waals surface area contributed by atoms with Crippen molar-refractivity contribution in [3.8, 4) is 11.5 Å². The summed E-state index contributed by atoms with van der Waals surface area (Å²) in [5.74, 6) is 1.86. The summed E-state index contributed by atoms with van der Waals surface area (Å²) in [4.78, 5) is 25.1. The molecule has 1 N–H and O–H groups in total. The largest absolute Gasteiger partial charge is 0.393 e. The maximum atomic E-state index is 13.7. The first-order chi connectivity index (χ1) is 15.6. The first-order valence-corrected chi connectivity index (χ1v) is 11.3. The zero-order valence-electron chi connectivity index (χ0n) is 18.0. The molecular weight excluding hydrogens is 408 g/mol. The van der Waals surface area contributed by atoms with Crippen LogP contribution in [0.4, 0.5) is 0 Å². The van der Waals surface area contributed by atoms with E-state index in [1.54, 1.807) is 6.33 Å². The Morgan fingerprint density at radius 1 is 1.16 bits per heavy atom. The molecule has 9 nitrogen and oxygen atoms in total. The molecule has 0 amide bonds. The molecule has 1 aliphatic carbocycles. The smallest absolute Gasteiger partial charge is 0.277 e. The summed E-state index contributed by atoms with van der Waals surface area (Å²) >= 11 is 0. The van der Waals surface area contributed by atoms with E-state index in [1.807, 2.05) is 33.2 Å². The lowest BCUT2D eigenvalue weighted by molar-refractivity contribution is 0.0810. The Kier molecular flexibility index (Phi) is 4.62. The van der Waals surface area contributed by atoms with E-state index < -0.39 is 0 Å². The van der Waals surface area contributed by atoms with Crippen LogP contribution >= 0.6 is 0 Å². The van der Waals surface area contributed by atoms with Crippen molar-refractivity contribution < 1.29 is 9.63 Å². The lowest BCUT2D eigenvalue weighted by Crippen LogP contribution is -2.39. The standard InChI is InChI=1S/C23H26N6O3/c1-14-12-16(14)22-25-21(26-32-22)19-20-23(31)28(11-10-27-8-6-15(30)7-9-27)17-4-2-3-5-18(17)29(20)13-24-19/h2-5,13-16,30H,6-12H2,1H3. The van der Waals surface area contributed by atoms with Crippen LogP contribution in [0.2, 0.25) is 0 Å². The van der Waals surface area contributed by atoms with Crippen LogP contribution in [-0.2, 0) is 6.54 Å². The van der Waals surface area contributed by atoms with Gasteiger partial charge < -0.3 is 19.1 Å². The summed E-state index contributed by atoms with van der Waals surface area (Å²) in [5.41, 5.74) is 2.59. The fraction of sp³-hybridized carbons (Fsp3) is 0.478. The first kappa shape index (κ1) is 19.6. The molecule has 2 unspecified atom stereocenters. The molecule has 166 valence electrons. The summed E-state index contributed by atoms with van der Waals surface area (Å²) in [6.45, 7) is 5.17. The lowest BCUT2D eigenvalue weighted by Gasteiger charge is -2.29. The molecule has 1 saturated heterocycles. The van der Waals surface area contributed by atoms with E-state index >= 15 is 0 Å². The number of rotatable bonds is 5. The molecule has 0 bridgehead atoms. The number of piperidine rings is 1. The van der Waals surface area contributed by atoms with Crippen molar-refractivity contribution in [3.05, 3.63) is 46.8 Å². The van der Waals surface area contributed by atoms with E-state index in [0.29, 0.717) is 41.3 Å². The molecule has 9 heteroatoms. The van der Waals surface area contributed by atoms with Gasteiger partial charge in [0.25, 0.3) is 5.56 Å². The molecule has 0 spiro atoms. The number of aromatic nitrogens is 5. The second-order valence-corrected chi connectivity index (χ2v) is 9.11. The highest BCUT2D eigenvalue weighted by Gasteiger charge is 2.39. The predicted molar refractivity (Wildman–Crippen MR) is 118 cm³/mol. The minimum Gasteiger partial charge on any atom is -0.393 e. The third-order valence-corrected chi connectivity index (χ3v) is 6.92. The van der Waals surface area contributed by atoms with E-state index in [2.05, 4.69) is 26.9 Å². The molecule has 3 aromatic heterocycles. The van der Waals surface area contributed by atoms with E-state index in [4.69, 9.17) is 4.52 Å². The van der Waals surface area contributed by atoms with E-state index in [9.17, 15) is 9.90 Å². The van der Waals surface area contributed by atoms with Gasteiger partial charge in [-0.05, 0) is 37.3 Å². The maximum absolute atomic E-state index is 13.7. The lowest BCUT2D eigenvalue weighted by atomic mass is 10.1. The monoisotopic (exact) mass is 434 g/mol. The third kappa shape index (κ3) is 3.23. The topological polar surface area (TPSA) is 102 Å². The second kappa shape index (κ2) is 7.53. The van der Waals surface area contributed by atoms with Crippen LogP contribution in [0.15, 0.2) is 39.9 Å². The van der Waals surface area contributed by atoms with Crippen molar-refractivity contribution in [2.75, 3.05) is 19.6 Å². The van der Waals surface area contributed by atoms with Crippen LogP contribution in [0.25, 0.3) is 28.1 Å². The van der Waals surface area contributed by atoms with Crippen molar-refractivity contribution in [1.29, 1.82) is 0 Å². The van der Waals surface area contributed by atoms with Crippen LogP contribution in [0, 0.1) is 5.92 Å². The molecule has 6 rings (SSSR count). The normalized spacial score (nSPS) is 22.2. The molecule has 1 aromatic carbocycles. The van der Waals surface area contributed by atoms with Gasteiger partial charge in [-0.3, -0.25) is 9.20 Å². The molecule has 32 heavy (non-hydrogen) atoms. The Morgan fingerprint density at radius 2 is 1.91 bits per heavy atom. The van der Waals surface area contributed by atoms with Gasteiger partial charge in [-0.25, -0.2) is 4.98 Å². The van der Waals surface area contributed by atoms with Crippen molar-refractivity contribution in [3.63, 3.8) is 0 Å². The number of aliphatic hydroxyl groups excluding tert-OH is 1. The van der Waals surface area contributed by atoms with E-state index in [-0.39, 0.29) is 11.7 Å². The van der Waals surface area contributed by atoms with Gasteiger partial charge in [-0.2, -0.15) is 4.98 Å². The zero-order valence-corrected chi connectivity index (χ0v) is 18.0. The van der Waals surface area contributed by atoms with Gasteiger partial charge in [0.05, 0.1) is 17.1 Å². The van der Waals surface area contributed by atoms with E-state index in [1.165, 1.54) is 0 Å². The van der Waals surface area contributed by atoms with Crippen molar-refractivity contribution in [1.82, 2.24) is 29.0 Å². The van der Waals surface area contributed by atoms with Gasteiger partial charge in [-0.1, -0.05) is 24.2 Å². The second-order valence-electron chi connectivity index (χ2n) is 9.11. The highest BCUT2D eigenvalue weighted by Crippen LogP contribution is 2.46. The van der Waals surface area contributed by atoms with Gasteiger partial charge in [0.15, 0.2) is 0 Å². The van der Waals surface area contributed by atoms with Crippen LogP contribution < -0.4 is 5.56 Å². The fourth-order valence-corrected chi connectivity index (χ4v) is 4.79. The molecule has 2 atom stereocenters. The predicted octanol–water partition coefficient (Wildman–Crippen LogP) is 2.28.